The summed E-state index contributed by atoms with van der Waals surface area (Å²) in [7, 11) is 0. The number of primary amides is 1. The quantitative estimate of drug-likeness (QED) is 0.0114. The second-order valence-electron chi connectivity index (χ2n) is 26.0. The number of aromatic hydroxyl groups is 1. The molecule has 10 amide bonds. The molecule has 1 aliphatic rings. The molecule has 8 rings (SSSR count). The van der Waals surface area contributed by atoms with Crippen molar-refractivity contribution in [2.24, 2.45) is 23.1 Å². The number of aliphatic hydroxyl groups is 1. The topological polar surface area (TPSA) is 473 Å². The maximum atomic E-state index is 15.2. The number of benzene rings is 5. The molecule has 0 unspecified atom stereocenters. The van der Waals surface area contributed by atoms with E-state index in [0.717, 1.165) is 5.56 Å². The molecule has 1 saturated heterocycles. The number of guanidine groups is 1. The van der Waals surface area contributed by atoms with Crippen LogP contribution in [0.4, 0.5) is 0 Å². The molecule has 1 fully saturated rings. The Kier molecular flexibility index (Phi) is 27.8. The van der Waals surface area contributed by atoms with E-state index in [1.54, 1.807) is 93.0 Å². The molecule has 5 aromatic carbocycles. The fourth-order valence-corrected chi connectivity index (χ4v) is 12.6. The van der Waals surface area contributed by atoms with E-state index in [0.29, 0.717) is 50.5 Å². The molecule has 7 aromatic rings. The number of phenols is 1. The first-order valence-electron chi connectivity index (χ1n) is 33.9. The number of nitrogens with two attached hydrogens (primary N) is 3. The lowest BCUT2D eigenvalue weighted by atomic mass is 9.95. The zero-order chi connectivity index (χ0) is 74.4. The number of para-hydroxylation sites is 2. The Hall–Kier alpha value is -11.2. The van der Waals surface area contributed by atoms with E-state index < -0.39 is 132 Å². The van der Waals surface area contributed by atoms with Crippen LogP contribution in [-0.4, -0.2) is 177 Å². The van der Waals surface area contributed by atoms with Crippen LogP contribution in [-0.2, 0) is 80.0 Å². The number of likely N-dealkylation sites (tertiary alicyclic amines) is 1. The van der Waals surface area contributed by atoms with Crippen LogP contribution >= 0.6 is 11.6 Å². The van der Waals surface area contributed by atoms with Crippen LogP contribution in [0, 0.1) is 11.3 Å². The molecule has 0 bridgehead atoms. The lowest BCUT2D eigenvalue weighted by Crippen LogP contribution is -2.61. The van der Waals surface area contributed by atoms with E-state index in [-0.39, 0.29) is 99.1 Å². The molecule has 0 saturated carbocycles. The van der Waals surface area contributed by atoms with Gasteiger partial charge in [-0.05, 0) is 109 Å². The van der Waals surface area contributed by atoms with Crippen LogP contribution in [0.5, 0.6) is 5.75 Å². The van der Waals surface area contributed by atoms with Gasteiger partial charge in [-0.2, -0.15) is 0 Å². The van der Waals surface area contributed by atoms with Crippen LogP contribution in [0.3, 0.4) is 0 Å². The van der Waals surface area contributed by atoms with Crippen LogP contribution in [0.1, 0.15) is 91.1 Å². The summed E-state index contributed by atoms with van der Waals surface area (Å²) >= 11 is 6.60. The van der Waals surface area contributed by atoms with Gasteiger partial charge in [0.25, 0.3) is 0 Å². The van der Waals surface area contributed by atoms with E-state index in [2.05, 4.69) is 57.8 Å². The summed E-state index contributed by atoms with van der Waals surface area (Å²) in [6, 6.07) is 21.3. The number of ketones is 1. The number of halogens is 1. The van der Waals surface area contributed by atoms with Crippen LogP contribution in [0.15, 0.2) is 134 Å². The number of phenolic OH excluding ortho intramolecular Hbond substituents is 1. The highest BCUT2D eigenvalue weighted by Gasteiger charge is 2.40. The number of aliphatic hydroxyl groups excluding tert-OH is 1. The van der Waals surface area contributed by atoms with Gasteiger partial charge in [0, 0.05) is 85.5 Å². The Bertz CT molecular complexity index is 4200. The maximum Gasteiger partial charge on any atom is 0.245 e. The summed E-state index contributed by atoms with van der Waals surface area (Å²) in [5.41, 5.74) is 21.6. The molecule has 1 aliphatic heterocycles. The number of nitrogens with zero attached hydrogens (tertiary/aromatic N) is 1. The van der Waals surface area contributed by atoms with Crippen molar-refractivity contribution in [3.8, 4) is 5.75 Å². The van der Waals surface area contributed by atoms with E-state index in [1.807, 2.05) is 18.2 Å². The first-order valence-corrected chi connectivity index (χ1v) is 34.3. The highest BCUT2D eigenvalue weighted by molar-refractivity contribution is 6.34. The second-order valence-corrected chi connectivity index (χ2v) is 26.4. The standard InChI is InChI=1S/C73H89ClN16O13/c1-40(2)29-57(66(97)84-55(19-11-27-79-73(77)78)72(103)90-28-12-20-62(90)71(102)82-38-63(76)94)86-68(99)60(35-46-37-81-54-18-10-8-16-49(46)54)88-67(98)58(33-43-21-24-47(93)25-22-43)87-70(101)61(39-91)89-69(100)59(34-45-36-80-53-17-9-7-15-48(45)53)85-65(96)52(75)31-44-23-26-51(74)50(30-44)64(95)56(83-41(3)92)32-42-13-5-4-6-14-42/h4-10,13-18,21-26,30,36-37,40,52,55-62,80-81,91,93H,11-12,19-20,27-29,31-35,38-39,75H2,1-3H3,(H2,76,94)(H,82,102)(H,83,92)(H,84,97)(H,85,96)(H,86,99)(H,87,101)(H,88,98)(H,89,100)(H4,77,78,79)/t52-,55-,56+,57-,58-,59+,60+,61-,62-/m0/s1. The monoisotopic (exact) mass is 1430 g/mol. The molecule has 30 heteroatoms. The van der Waals surface area contributed by atoms with Gasteiger partial charge in [0.15, 0.2) is 11.7 Å². The van der Waals surface area contributed by atoms with Crippen LogP contribution < -0.4 is 65.1 Å². The van der Waals surface area contributed by atoms with Gasteiger partial charge in [0.1, 0.15) is 48.0 Å². The third-order valence-electron chi connectivity index (χ3n) is 17.6. The third-order valence-corrected chi connectivity index (χ3v) is 17.9. The molecule has 546 valence electrons. The molecule has 3 heterocycles. The summed E-state index contributed by atoms with van der Waals surface area (Å²) < 4.78 is 0. The molecule has 9 atom stereocenters. The molecule has 29 nitrogen and oxygen atoms in total. The van der Waals surface area contributed by atoms with Gasteiger partial charge in [0.05, 0.1) is 30.3 Å². The molecule has 103 heavy (non-hydrogen) atoms. The SMILES string of the molecule is CC(=O)N[C@H](Cc1ccccc1)C(=O)c1cc(C[C@H](N)C(=O)N[C@H](Cc2c[nH]c3ccccc23)C(=O)N[C@@H](CO)C(=O)N[C@@H](Cc2ccc(O)cc2)C(=O)N[C@H](Cc2c[nH]c3ccccc23)C(=O)N[C@@H](CC(C)C)C(=O)N[C@@H](CCCNC(=N)N)C(=O)N2CCC[C@H]2C(=O)NCC(N)=O)ccc1Cl. The van der Waals surface area contributed by atoms with Gasteiger partial charge in [-0.1, -0.05) is 110 Å². The second kappa shape index (κ2) is 37.0. The minimum absolute atomic E-state index is 0.00919. The van der Waals surface area contributed by atoms with Crippen molar-refractivity contribution in [1.82, 2.24) is 62.7 Å². The minimum Gasteiger partial charge on any atom is -0.508 e. The Morgan fingerprint density at radius 3 is 1.67 bits per heavy atom. The van der Waals surface area contributed by atoms with Gasteiger partial charge < -0.3 is 90.1 Å². The first kappa shape index (κ1) is 77.6. The largest absolute Gasteiger partial charge is 0.508 e. The van der Waals surface area contributed by atoms with Gasteiger partial charge in [-0.3, -0.25) is 58.1 Å². The Balaban J connectivity index is 1.03. The average molecular weight is 1430 g/mol. The Labute approximate surface area is 599 Å². The number of hydrogen-bond acceptors (Lipinski definition) is 15. The predicted molar refractivity (Wildman–Crippen MR) is 385 cm³/mol. The van der Waals surface area contributed by atoms with Crippen molar-refractivity contribution in [1.29, 1.82) is 5.41 Å². The van der Waals surface area contributed by atoms with Crippen molar-refractivity contribution >= 4 is 104 Å². The number of fused-ring (bicyclic) bond motifs is 2. The highest BCUT2D eigenvalue weighted by atomic mass is 35.5. The lowest BCUT2D eigenvalue weighted by molar-refractivity contribution is -0.142. The fourth-order valence-electron chi connectivity index (χ4n) is 12.4. The number of hydrogen-bond donors (Lipinski definition) is 17. The summed E-state index contributed by atoms with van der Waals surface area (Å²) in [6.07, 6.45) is 3.51. The molecule has 0 aliphatic carbocycles. The van der Waals surface area contributed by atoms with E-state index in [9.17, 15) is 53.4 Å². The molecule has 20 N–H and O–H groups in total. The van der Waals surface area contributed by atoms with Crippen molar-refractivity contribution in [3.63, 3.8) is 0 Å². The zero-order valence-electron chi connectivity index (χ0n) is 57.3. The zero-order valence-corrected chi connectivity index (χ0v) is 58.1. The molecule has 2 aromatic heterocycles. The summed E-state index contributed by atoms with van der Waals surface area (Å²) in [5, 5.41) is 54.4. The molecule has 0 radical (unpaired) electrons. The minimum atomic E-state index is -1.80. The summed E-state index contributed by atoms with van der Waals surface area (Å²) in [6.45, 7) is 3.66. The maximum absolute atomic E-state index is 15.2. The number of amides is 10. The van der Waals surface area contributed by atoms with Crippen molar-refractivity contribution in [3.05, 3.63) is 172 Å². The van der Waals surface area contributed by atoms with Crippen LogP contribution in [0.25, 0.3) is 21.8 Å². The predicted octanol–water partition coefficient (Wildman–Crippen LogP) is 1.34. The van der Waals surface area contributed by atoms with E-state index in [4.69, 9.17) is 34.2 Å². The number of Topliss-reactive ketones (excluding diaryl/α,β-unsaturated/α-hetero) is 1. The number of aromatic amines is 2. The first-order chi connectivity index (χ1) is 49.2. The number of nitrogens with one attached hydrogen (secondary N) is 12. The average Bonchev–Trinajstić information content (AvgIpc) is 1.82. The number of carbonyl (C=O) groups excluding carboxylic acids is 11. The lowest BCUT2D eigenvalue weighted by Gasteiger charge is -2.30. The number of H-pyrrole nitrogens is 2. The number of carbonyl (C=O) groups is 11. The summed E-state index contributed by atoms with van der Waals surface area (Å²) in [5.74, 6) is -9.14. The molecular formula is C73H89ClN16O13. The third kappa shape index (κ3) is 22.2. The summed E-state index contributed by atoms with van der Waals surface area (Å²) in [4.78, 5) is 162. The van der Waals surface area contributed by atoms with Crippen molar-refractivity contribution in [2.45, 2.75) is 139 Å². The van der Waals surface area contributed by atoms with Crippen LogP contribution in [0.2, 0.25) is 5.02 Å². The Morgan fingerprint density at radius 1 is 0.592 bits per heavy atom. The molecular weight excluding hydrogens is 1340 g/mol. The normalized spacial score (nSPS) is 15.1. The Morgan fingerprint density at radius 2 is 1.10 bits per heavy atom. The van der Waals surface area contributed by atoms with Crippen molar-refractivity contribution < 1.29 is 63.0 Å². The van der Waals surface area contributed by atoms with Gasteiger partial charge in [0.2, 0.25) is 59.1 Å². The van der Waals surface area contributed by atoms with Gasteiger partial charge in [-0.15, -0.1) is 0 Å². The number of rotatable bonds is 36. The van der Waals surface area contributed by atoms with Gasteiger partial charge in [-0.25, -0.2) is 0 Å². The van der Waals surface area contributed by atoms with E-state index >= 15 is 9.59 Å². The highest BCUT2D eigenvalue weighted by Crippen LogP contribution is 2.26. The number of aromatic nitrogens is 2. The smallest absolute Gasteiger partial charge is 0.245 e. The fraction of sp³-hybridized carbons (Fsp3) is 0.370. The van der Waals surface area contributed by atoms with E-state index in [1.165, 1.54) is 48.2 Å². The van der Waals surface area contributed by atoms with Crippen molar-refractivity contribution in [2.75, 3.05) is 26.2 Å². The van der Waals surface area contributed by atoms with Gasteiger partial charge >= 0.3 is 0 Å². The molecule has 0 spiro atoms.